The second-order valence-electron chi connectivity index (χ2n) is 8.31. The van der Waals surface area contributed by atoms with Crippen LogP contribution in [0.25, 0.3) is 0 Å². The van der Waals surface area contributed by atoms with Crippen LogP contribution in [0.3, 0.4) is 0 Å². The number of nitrogens with zero attached hydrogens (tertiary/aromatic N) is 1. The molecule has 1 heterocycles. The first kappa shape index (κ1) is 23.8. The molecule has 1 aliphatic heterocycles. The topological polar surface area (TPSA) is 80.6 Å². The zero-order valence-electron chi connectivity index (χ0n) is 19.9. The standard InChI is InChI=1S/C27H28N2O4S/c1-16-8-10-17(11-9-16)15-34-27-19(14-28)24(25-20(29-27)6-5-7-21(25)30)18-12-22(31-2)26(33-4)23(13-18)32-3/h8-13,24,29H,5-7,15H2,1-4H3/t24-/m0/s1. The molecular formula is C27H28N2O4S. The molecule has 0 saturated heterocycles. The third-order valence-corrected chi connectivity index (χ3v) is 7.28. The van der Waals surface area contributed by atoms with E-state index in [4.69, 9.17) is 14.2 Å². The summed E-state index contributed by atoms with van der Waals surface area (Å²) in [7, 11) is 4.67. The number of aryl methyl sites for hydroxylation is 1. The van der Waals surface area contributed by atoms with Gasteiger partial charge in [-0.1, -0.05) is 29.8 Å². The number of methoxy groups -OCH3 is 3. The number of Topliss-reactive ketones (excluding diaryl/α,β-unsaturated/α-hetero) is 1. The van der Waals surface area contributed by atoms with Crippen LogP contribution in [0.2, 0.25) is 0 Å². The molecule has 2 aliphatic rings. The van der Waals surface area contributed by atoms with Crippen LogP contribution in [0.5, 0.6) is 17.2 Å². The van der Waals surface area contributed by atoms with Crippen molar-refractivity contribution in [1.29, 1.82) is 5.26 Å². The minimum absolute atomic E-state index is 0.0721. The zero-order chi connectivity index (χ0) is 24.2. The van der Waals surface area contributed by atoms with Gasteiger partial charge < -0.3 is 19.5 Å². The molecule has 0 bridgehead atoms. The number of thioether (sulfide) groups is 1. The third kappa shape index (κ3) is 4.51. The van der Waals surface area contributed by atoms with Gasteiger partial charge in [-0.15, -0.1) is 11.8 Å². The molecule has 0 aromatic heterocycles. The van der Waals surface area contributed by atoms with Crippen LogP contribution in [-0.2, 0) is 10.5 Å². The van der Waals surface area contributed by atoms with E-state index in [9.17, 15) is 10.1 Å². The predicted octanol–water partition coefficient (Wildman–Crippen LogP) is 5.38. The van der Waals surface area contributed by atoms with E-state index in [-0.39, 0.29) is 5.78 Å². The molecule has 2 aromatic carbocycles. The number of nitriles is 1. The van der Waals surface area contributed by atoms with Crippen LogP contribution >= 0.6 is 11.8 Å². The van der Waals surface area contributed by atoms with Crippen molar-refractivity contribution in [3.05, 3.63) is 75.0 Å². The molecule has 0 spiro atoms. The Balaban J connectivity index is 1.81. The van der Waals surface area contributed by atoms with Crippen molar-refractivity contribution in [3.63, 3.8) is 0 Å². The minimum atomic E-state index is -0.497. The van der Waals surface area contributed by atoms with Gasteiger partial charge in [0.2, 0.25) is 5.75 Å². The Morgan fingerprint density at radius 1 is 1.06 bits per heavy atom. The number of allylic oxidation sites excluding steroid dienone is 3. The quantitative estimate of drug-likeness (QED) is 0.574. The number of ketones is 1. The van der Waals surface area contributed by atoms with Crippen LogP contribution in [0, 0.1) is 18.3 Å². The summed E-state index contributed by atoms with van der Waals surface area (Å²) in [6.45, 7) is 2.06. The highest BCUT2D eigenvalue weighted by atomic mass is 32.2. The average Bonchev–Trinajstić information content (AvgIpc) is 2.86. The molecule has 0 unspecified atom stereocenters. The molecule has 0 fully saturated rings. The summed E-state index contributed by atoms with van der Waals surface area (Å²) in [5.74, 6) is 1.75. The lowest BCUT2D eigenvalue weighted by molar-refractivity contribution is -0.116. The number of dihydropyridines is 1. The van der Waals surface area contributed by atoms with Gasteiger partial charge >= 0.3 is 0 Å². The van der Waals surface area contributed by atoms with E-state index in [1.165, 1.54) is 11.1 Å². The third-order valence-electron chi connectivity index (χ3n) is 6.19. The predicted molar refractivity (Wildman–Crippen MR) is 133 cm³/mol. The smallest absolute Gasteiger partial charge is 0.203 e. The molecule has 34 heavy (non-hydrogen) atoms. The number of nitrogens with one attached hydrogen (secondary N) is 1. The number of hydrogen-bond acceptors (Lipinski definition) is 7. The Morgan fingerprint density at radius 2 is 1.74 bits per heavy atom. The second kappa shape index (κ2) is 10.3. The zero-order valence-corrected chi connectivity index (χ0v) is 20.7. The molecule has 1 aliphatic carbocycles. The lowest BCUT2D eigenvalue weighted by Crippen LogP contribution is -2.31. The molecule has 1 atom stereocenters. The van der Waals surface area contributed by atoms with Gasteiger partial charge in [0.25, 0.3) is 0 Å². The van der Waals surface area contributed by atoms with Crippen LogP contribution in [0.4, 0.5) is 0 Å². The molecule has 6 nitrogen and oxygen atoms in total. The van der Waals surface area contributed by atoms with Gasteiger partial charge in [-0.3, -0.25) is 4.79 Å². The number of benzene rings is 2. The molecule has 4 rings (SSSR count). The number of rotatable bonds is 7. The minimum Gasteiger partial charge on any atom is -0.493 e. The van der Waals surface area contributed by atoms with E-state index in [1.54, 1.807) is 33.1 Å². The van der Waals surface area contributed by atoms with E-state index < -0.39 is 5.92 Å². The van der Waals surface area contributed by atoms with E-state index >= 15 is 0 Å². The maximum atomic E-state index is 13.1. The summed E-state index contributed by atoms with van der Waals surface area (Å²) in [5, 5.41) is 14.5. The van der Waals surface area contributed by atoms with Crippen LogP contribution in [0.1, 0.15) is 41.9 Å². The van der Waals surface area contributed by atoms with Gasteiger partial charge in [0.1, 0.15) is 0 Å². The lowest BCUT2D eigenvalue weighted by atomic mass is 9.76. The Labute approximate surface area is 204 Å². The summed E-state index contributed by atoms with van der Waals surface area (Å²) >= 11 is 1.59. The van der Waals surface area contributed by atoms with E-state index in [2.05, 4.69) is 42.6 Å². The summed E-state index contributed by atoms with van der Waals surface area (Å²) < 4.78 is 16.6. The fourth-order valence-corrected chi connectivity index (χ4v) is 5.50. The van der Waals surface area contributed by atoms with Crippen molar-refractivity contribution >= 4 is 17.5 Å². The molecule has 0 radical (unpaired) electrons. The van der Waals surface area contributed by atoms with Crippen molar-refractivity contribution in [2.45, 2.75) is 37.9 Å². The highest BCUT2D eigenvalue weighted by Gasteiger charge is 2.38. The van der Waals surface area contributed by atoms with Crippen LogP contribution in [-0.4, -0.2) is 27.1 Å². The number of carbonyl (C=O) groups excluding carboxylic acids is 1. The van der Waals surface area contributed by atoms with Gasteiger partial charge in [-0.05, 0) is 43.0 Å². The maximum Gasteiger partial charge on any atom is 0.203 e. The Morgan fingerprint density at radius 3 is 2.32 bits per heavy atom. The fraction of sp³-hybridized carbons (Fsp3) is 0.333. The Bertz CT molecular complexity index is 1180. The second-order valence-corrected chi connectivity index (χ2v) is 9.30. The Hall–Kier alpha value is -3.37. The monoisotopic (exact) mass is 476 g/mol. The van der Waals surface area contributed by atoms with Gasteiger partial charge in [0.15, 0.2) is 17.3 Å². The lowest BCUT2D eigenvalue weighted by Gasteiger charge is -2.33. The van der Waals surface area contributed by atoms with Gasteiger partial charge in [0, 0.05) is 23.4 Å². The summed E-state index contributed by atoms with van der Waals surface area (Å²) in [5.41, 5.74) is 5.24. The van der Waals surface area contributed by atoms with Crippen molar-refractivity contribution in [2.24, 2.45) is 0 Å². The number of ether oxygens (including phenoxy) is 3. The van der Waals surface area contributed by atoms with Gasteiger partial charge in [0.05, 0.1) is 43.9 Å². The maximum absolute atomic E-state index is 13.1. The van der Waals surface area contributed by atoms with Crippen LogP contribution in [0.15, 0.2) is 58.3 Å². The average molecular weight is 477 g/mol. The molecule has 1 N–H and O–H groups in total. The first-order chi connectivity index (χ1) is 16.5. The largest absolute Gasteiger partial charge is 0.493 e. The van der Waals surface area contributed by atoms with Gasteiger partial charge in [-0.2, -0.15) is 5.26 Å². The van der Waals surface area contributed by atoms with E-state index in [0.717, 1.165) is 29.1 Å². The summed E-state index contributed by atoms with van der Waals surface area (Å²) in [4.78, 5) is 13.1. The molecular weight excluding hydrogens is 448 g/mol. The van der Waals surface area contributed by atoms with Gasteiger partial charge in [-0.25, -0.2) is 0 Å². The summed E-state index contributed by atoms with van der Waals surface area (Å²) in [6, 6.07) is 14.4. The van der Waals surface area contributed by atoms with Crippen molar-refractivity contribution < 1.29 is 19.0 Å². The van der Waals surface area contributed by atoms with Crippen molar-refractivity contribution in [1.82, 2.24) is 5.32 Å². The molecule has 2 aromatic rings. The molecule has 0 amide bonds. The van der Waals surface area contributed by atoms with Crippen molar-refractivity contribution in [3.8, 4) is 23.3 Å². The molecule has 7 heteroatoms. The highest BCUT2D eigenvalue weighted by molar-refractivity contribution is 8.02. The molecule has 176 valence electrons. The first-order valence-corrected chi connectivity index (χ1v) is 12.1. The van der Waals surface area contributed by atoms with E-state index in [1.807, 2.05) is 12.1 Å². The fourth-order valence-electron chi connectivity index (χ4n) is 4.48. The normalized spacial score (nSPS) is 17.6. The summed E-state index contributed by atoms with van der Waals surface area (Å²) in [6.07, 6.45) is 2.05. The number of carbonyl (C=O) groups is 1. The van der Waals surface area contributed by atoms with E-state index in [0.29, 0.717) is 40.6 Å². The first-order valence-electron chi connectivity index (χ1n) is 11.2. The van der Waals surface area contributed by atoms with Crippen LogP contribution < -0.4 is 19.5 Å². The Kier molecular flexibility index (Phi) is 7.18. The SMILES string of the molecule is COc1cc([C@H]2C(C#N)=C(SCc3ccc(C)cc3)NC3=C2C(=O)CCC3)cc(OC)c1OC. The van der Waals surface area contributed by atoms with Crippen molar-refractivity contribution in [2.75, 3.05) is 21.3 Å². The number of hydrogen-bond donors (Lipinski definition) is 1. The highest BCUT2D eigenvalue weighted by Crippen LogP contribution is 2.48. The molecule has 0 saturated carbocycles.